The third-order valence-electron chi connectivity index (χ3n) is 6.97. The van der Waals surface area contributed by atoms with Gasteiger partial charge < -0.3 is 29.0 Å². The van der Waals surface area contributed by atoms with Gasteiger partial charge in [-0.15, -0.1) is 0 Å². The third kappa shape index (κ3) is 2.97. The fraction of sp³-hybridized carbons (Fsp3) is 0.500. The van der Waals surface area contributed by atoms with Gasteiger partial charge in [-0.05, 0) is 42.7 Å². The predicted octanol–water partition coefficient (Wildman–Crippen LogP) is 2.96. The molecule has 1 aliphatic carbocycles. The highest BCUT2D eigenvalue weighted by Gasteiger charge is 2.46. The molecule has 2 aromatic carbocycles. The van der Waals surface area contributed by atoms with Crippen LogP contribution in [0.3, 0.4) is 0 Å². The van der Waals surface area contributed by atoms with Crippen LogP contribution in [0.25, 0.3) is 0 Å². The second kappa shape index (κ2) is 7.58. The van der Waals surface area contributed by atoms with Gasteiger partial charge in [0.15, 0.2) is 23.0 Å². The summed E-state index contributed by atoms with van der Waals surface area (Å²) in [5, 5.41) is 2.46. The van der Waals surface area contributed by atoms with Gasteiger partial charge in [0.25, 0.3) is 0 Å². The number of hydrogen-bond acceptors (Lipinski definition) is 5. The van der Waals surface area contributed by atoms with Crippen LogP contribution in [0, 0.1) is 0 Å². The second-order valence-electron chi connectivity index (χ2n) is 8.45. The molecule has 1 fully saturated rings. The maximum Gasteiger partial charge on any atom is 0.203 e. The molecule has 0 bridgehead atoms. The Morgan fingerprint density at radius 1 is 0.867 bits per heavy atom. The Labute approximate surface area is 177 Å². The predicted molar refractivity (Wildman–Crippen MR) is 112 cm³/mol. The topological polar surface area (TPSA) is 62.8 Å². The summed E-state index contributed by atoms with van der Waals surface area (Å²) >= 11 is 0. The van der Waals surface area contributed by atoms with Gasteiger partial charge in [-0.25, -0.2) is 0 Å². The molecule has 2 aliphatic heterocycles. The molecule has 5 rings (SSSR count). The van der Waals surface area contributed by atoms with Crippen molar-refractivity contribution >= 4 is 0 Å². The molecule has 1 atom stereocenters. The molecule has 1 saturated carbocycles. The van der Waals surface area contributed by atoms with Gasteiger partial charge in [0.05, 0.1) is 27.9 Å². The first-order valence-corrected chi connectivity index (χ1v) is 10.8. The van der Waals surface area contributed by atoms with Gasteiger partial charge in [-0.2, -0.15) is 0 Å². The summed E-state index contributed by atoms with van der Waals surface area (Å²) in [5.74, 6) is 3.72. The zero-order chi connectivity index (χ0) is 20.7. The molecule has 0 unspecified atom stereocenters. The average Bonchev–Trinajstić information content (AvgIpc) is 3.26. The molecule has 2 N–H and O–H groups in total. The molecule has 0 saturated heterocycles. The Kier molecular flexibility index (Phi) is 4.89. The third-order valence-corrected chi connectivity index (χ3v) is 6.97. The van der Waals surface area contributed by atoms with E-state index >= 15 is 0 Å². The summed E-state index contributed by atoms with van der Waals surface area (Å²) in [6, 6.07) is 8.72. The Morgan fingerprint density at radius 3 is 2.10 bits per heavy atom. The smallest absolute Gasteiger partial charge is 0.203 e. The first-order valence-electron chi connectivity index (χ1n) is 10.8. The summed E-state index contributed by atoms with van der Waals surface area (Å²) < 4.78 is 28.6. The average molecular weight is 413 g/mol. The van der Waals surface area contributed by atoms with E-state index in [0.29, 0.717) is 30.5 Å². The highest BCUT2D eigenvalue weighted by Crippen LogP contribution is 2.49. The number of rotatable bonds is 4. The van der Waals surface area contributed by atoms with Crippen molar-refractivity contribution in [3.05, 3.63) is 41.0 Å². The zero-order valence-corrected chi connectivity index (χ0v) is 18.0. The summed E-state index contributed by atoms with van der Waals surface area (Å²) in [6.45, 7) is 2.28. The van der Waals surface area contributed by atoms with Crippen LogP contribution < -0.4 is 29.0 Å². The lowest BCUT2D eigenvalue weighted by molar-refractivity contribution is -0.698. The van der Waals surface area contributed by atoms with Crippen LogP contribution in [0.15, 0.2) is 24.3 Å². The summed E-state index contributed by atoms with van der Waals surface area (Å²) in [6.07, 6.45) is 5.05. The van der Waals surface area contributed by atoms with Crippen LogP contribution in [0.2, 0.25) is 0 Å². The first-order chi connectivity index (χ1) is 14.7. The van der Waals surface area contributed by atoms with Crippen LogP contribution in [-0.2, 0) is 5.41 Å². The number of methoxy groups -OCH3 is 3. The maximum absolute atomic E-state index is 5.94. The van der Waals surface area contributed by atoms with Gasteiger partial charge in [-0.1, -0.05) is 12.8 Å². The highest BCUT2D eigenvalue weighted by atomic mass is 16.6. The fourth-order valence-electron chi connectivity index (χ4n) is 5.52. The monoisotopic (exact) mass is 412 g/mol. The molecule has 6 nitrogen and oxygen atoms in total. The van der Waals surface area contributed by atoms with Crippen molar-refractivity contribution in [2.75, 3.05) is 41.1 Å². The van der Waals surface area contributed by atoms with E-state index in [9.17, 15) is 0 Å². The molecular formula is C24H30NO5+. The fourth-order valence-corrected chi connectivity index (χ4v) is 5.52. The Morgan fingerprint density at radius 2 is 1.50 bits per heavy atom. The normalized spacial score (nSPS) is 21.2. The molecule has 2 heterocycles. The lowest BCUT2D eigenvalue weighted by atomic mass is 9.71. The minimum Gasteiger partial charge on any atom is -0.493 e. The number of nitrogens with two attached hydrogens (primary N) is 1. The van der Waals surface area contributed by atoms with E-state index < -0.39 is 0 Å². The van der Waals surface area contributed by atoms with E-state index in [2.05, 4.69) is 29.6 Å². The minimum atomic E-state index is 0.135. The molecular weight excluding hydrogens is 382 g/mol. The van der Waals surface area contributed by atoms with Crippen LogP contribution in [0.1, 0.15) is 48.4 Å². The van der Waals surface area contributed by atoms with Crippen LogP contribution in [0.4, 0.5) is 0 Å². The standard InChI is InChI=1S/C24H29NO5/c1-26-20-10-15(11-21(27-2)23(20)28-3)22-16-12-18-19(30-9-8-29-18)13-17(16)24(14-25-22)6-4-5-7-24/h10-13,22,25H,4-9,14H2,1-3H3/p+1/t22-/m0/s1. The van der Waals surface area contributed by atoms with Crippen molar-refractivity contribution in [2.24, 2.45) is 0 Å². The molecule has 2 aromatic rings. The summed E-state index contributed by atoms with van der Waals surface area (Å²) in [5.41, 5.74) is 4.09. The zero-order valence-electron chi connectivity index (χ0n) is 18.0. The van der Waals surface area contributed by atoms with Crippen LogP contribution in [-0.4, -0.2) is 41.1 Å². The number of quaternary nitrogens is 1. The highest BCUT2D eigenvalue weighted by molar-refractivity contribution is 5.58. The molecule has 3 aliphatic rings. The largest absolute Gasteiger partial charge is 0.493 e. The Hall–Kier alpha value is -2.60. The van der Waals surface area contributed by atoms with E-state index in [1.807, 2.05) is 0 Å². The van der Waals surface area contributed by atoms with E-state index in [-0.39, 0.29) is 11.5 Å². The second-order valence-corrected chi connectivity index (χ2v) is 8.45. The quantitative estimate of drug-likeness (QED) is 0.837. The van der Waals surface area contributed by atoms with E-state index in [1.165, 1.54) is 36.8 Å². The van der Waals surface area contributed by atoms with Crippen molar-refractivity contribution in [1.29, 1.82) is 0 Å². The van der Waals surface area contributed by atoms with Gasteiger partial charge >= 0.3 is 0 Å². The van der Waals surface area contributed by atoms with Gasteiger partial charge in [-0.3, -0.25) is 0 Å². The van der Waals surface area contributed by atoms with Gasteiger partial charge in [0.1, 0.15) is 19.3 Å². The molecule has 6 heteroatoms. The Balaban J connectivity index is 1.66. The number of benzene rings is 2. The molecule has 30 heavy (non-hydrogen) atoms. The van der Waals surface area contributed by atoms with Crippen LogP contribution >= 0.6 is 0 Å². The van der Waals surface area contributed by atoms with Crippen molar-refractivity contribution in [2.45, 2.75) is 37.1 Å². The Bertz CT molecular complexity index is 926. The van der Waals surface area contributed by atoms with E-state index in [1.54, 1.807) is 21.3 Å². The molecule has 0 aromatic heterocycles. The van der Waals surface area contributed by atoms with Gasteiger partial charge in [0, 0.05) is 16.5 Å². The van der Waals surface area contributed by atoms with Crippen molar-refractivity contribution in [3.8, 4) is 28.7 Å². The number of fused-ring (bicyclic) bond motifs is 3. The molecule has 0 amide bonds. The maximum atomic E-state index is 5.94. The van der Waals surface area contributed by atoms with Crippen molar-refractivity contribution < 1.29 is 29.0 Å². The SMILES string of the molecule is COc1cc([C@@H]2[NH2+]CC3(CCCC3)c3cc4c(cc32)OCCO4)cc(OC)c1OC. The minimum absolute atomic E-state index is 0.135. The summed E-state index contributed by atoms with van der Waals surface area (Å²) in [7, 11) is 4.96. The first kappa shape index (κ1) is 19.4. The molecule has 0 radical (unpaired) electrons. The summed E-state index contributed by atoms with van der Waals surface area (Å²) in [4.78, 5) is 0. The number of ether oxygens (including phenoxy) is 5. The lowest BCUT2D eigenvalue weighted by Gasteiger charge is -2.39. The van der Waals surface area contributed by atoms with E-state index in [0.717, 1.165) is 23.6 Å². The molecule has 160 valence electrons. The van der Waals surface area contributed by atoms with Crippen molar-refractivity contribution in [3.63, 3.8) is 0 Å². The van der Waals surface area contributed by atoms with Gasteiger partial charge in [0.2, 0.25) is 5.75 Å². The van der Waals surface area contributed by atoms with Crippen molar-refractivity contribution in [1.82, 2.24) is 0 Å². The number of hydrogen-bond donors (Lipinski definition) is 1. The lowest BCUT2D eigenvalue weighted by Crippen LogP contribution is -2.90. The molecule has 1 spiro atoms. The van der Waals surface area contributed by atoms with Crippen LogP contribution in [0.5, 0.6) is 28.7 Å². The van der Waals surface area contributed by atoms with E-state index in [4.69, 9.17) is 23.7 Å².